The number of aliphatic imine (C=N–C) groups is 1. The summed E-state index contributed by atoms with van der Waals surface area (Å²) in [5.41, 5.74) is 18.3. The van der Waals surface area contributed by atoms with E-state index in [0.29, 0.717) is 5.92 Å². The number of benzene rings is 5. The van der Waals surface area contributed by atoms with Crippen molar-refractivity contribution in [1.82, 2.24) is 9.13 Å². The summed E-state index contributed by atoms with van der Waals surface area (Å²) in [4.78, 5) is 5.57. The van der Waals surface area contributed by atoms with Gasteiger partial charge in [0.1, 0.15) is 11.9 Å². The standard InChI is InChI=1S/C50H38N4/c1-3-14-34-27-36(22-21-31(34)11-1)49-50(52-43-19-9-8-18-42(43)51-49)54-44-20-10-7-17-39(44)40-29-41-47(30-46(40)54)53(37-25-23-32-12-2-4-15-35(32)28-37)45-26-24-33-13-5-6-16-38(33)48(41)45/h1-22,28-30,34,49,51H,23-27H2. The zero-order valence-corrected chi connectivity index (χ0v) is 30.0. The molecule has 3 heterocycles. The van der Waals surface area contributed by atoms with Gasteiger partial charge < -0.3 is 9.88 Å². The predicted molar refractivity (Wildman–Crippen MR) is 226 cm³/mol. The number of rotatable bonds is 2. The predicted octanol–water partition coefficient (Wildman–Crippen LogP) is 11.8. The molecule has 2 aromatic heterocycles. The van der Waals surface area contributed by atoms with Gasteiger partial charge in [-0.15, -0.1) is 0 Å². The monoisotopic (exact) mass is 694 g/mol. The molecule has 2 unspecified atom stereocenters. The SMILES string of the molecule is C1=CC2=CC=C(C3Nc4ccccc4N=C3n3c4ccccc4c4cc5c6c(n(C7=Cc8ccccc8CC7)c5cc43)CCc3ccccc3-6)CC2C=C1. The van der Waals surface area contributed by atoms with E-state index in [1.54, 1.807) is 0 Å². The molecule has 54 heavy (non-hydrogen) atoms. The van der Waals surface area contributed by atoms with Gasteiger partial charge in [0.05, 0.1) is 27.9 Å². The summed E-state index contributed by atoms with van der Waals surface area (Å²) in [5, 5.41) is 7.84. The summed E-state index contributed by atoms with van der Waals surface area (Å²) in [5.74, 6) is 1.40. The zero-order chi connectivity index (χ0) is 35.3. The Kier molecular flexibility index (Phi) is 6.44. The first-order chi connectivity index (χ1) is 26.8. The average molecular weight is 695 g/mol. The van der Waals surface area contributed by atoms with Gasteiger partial charge in [0.2, 0.25) is 0 Å². The summed E-state index contributed by atoms with van der Waals surface area (Å²) >= 11 is 0. The van der Waals surface area contributed by atoms with Crippen LogP contribution in [0.3, 0.4) is 0 Å². The van der Waals surface area contributed by atoms with Crippen molar-refractivity contribution in [3.05, 3.63) is 179 Å². The van der Waals surface area contributed by atoms with Crippen LogP contribution in [0, 0.1) is 5.92 Å². The van der Waals surface area contributed by atoms with Crippen LogP contribution in [0.1, 0.15) is 35.2 Å². The van der Waals surface area contributed by atoms with E-state index in [1.807, 2.05) is 0 Å². The van der Waals surface area contributed by atoms with E-state index in [1.165, 1.54) is 83.1 Å². The van der Waals surface area contributed by atoms with Crippen molar-refractivity contribution in [3.63, 3.8) is 0 Å². The van der Waals surface area contributed by atoms with Crippen LogP contribution in [-0.2, 0) is 19.3 Å². The molecule has 7 aromatic rings. The van der Waals surface area contributed by atoms with Crippen molar-refractivity contribution in [2.24, 2.45) is 10.9 Å². The topological polar surface area (TPSA) is 34.2 Å². The van der Waals surface area contributed by atoms with Crippen LogP contribution in [0.15, 0.2) is 162 Å². The van der Waals surface area contributed by atoms with Gasteiger partial charge >= 0.3 is 0 Å². The van der Waals surface area contributed by atoms with Crippen molar-refractivity contribution in [3.8, 4) is 11.1 Å². The second-order valence-corrected chi connectivity index (χ2v) is 15.4. The number of hydrogen-bond donors (Lipinski definition) is 1. The number of anilines is 1. The highest BCUT2D eigenvalue weighted by atomic mass is 15.2. The summed E-state index contributed by atoms with van der Waals surface area (Å²) in [6, 6.07) is 40.3. The molecular weight excluding hydrogens is 657 g/mol. The van der Waals surface area contributed by atoms with Crippen LogP contribution in [0.5, 0.6) is 0 Å². The van der Waals surface area contributed by atoms with Crippen molar-refractivity contribution >= 4 is 61.7 Å². The number of hydrogen-bond acceptors (Lipinski definition) is 2. The summed E-state index contributed by atoms with van der Waals surface area (Å²) < 4.78 is 5.12. The lowest BCUT2D eigenvalue weighted by atomic mass is 9.81. The fourth-order valence-electron chi connectivity index (χ4n) is 9.99. The minimum Gasteiger partial charge on any atom is -0.370 e. The van der Waals surface area contributed by atoms with Crippen LogP contribution < -0.4 is 5.32 Å². The highest BCUT2D eigenvalue weighted by Crippen LogP contribution is 2.47. The molecule has 258 valence electrons. The third kappa shape index (κ3) is 4.40. The molecule has 12 rings (SSSR count). The normalized spacial score (nSPS) is 19.6. The molecule has 1 aliphatic heterocycles. The maximum Gasteiger partial charge on any atom is 0.141 e. The molecule has 0 spiro atoms. The smallest absolute Gasteiger partial charge is 0.141 e. The maximum absolute atomic E-state index is 5.57. The number of fused-ring (bicyclic) bond motifs is 11. The molecule has 0 fully saturated rings. The second-order valence-electron chi connectivity index (χ2n) is 15.4. The first-order valence-electron chi connectivity index (χ1n) is 19.4. The van der Waals surface area contributed by atoms with E-state index in [4.69, 9.17) is 4.99 Å². The molecule has 0 bridgehead atoms. The lowest BCUT2D eigenvalue weighted by molar-refractivity contribution is 0.718. The quantitative estimate of drug-likeness (QED) is 0.192. The maximum atomic E-state index is 5.57. The largest absolute Gasteiger partial charge is 0.370 e. The summed E-state index contributed by atoms with van der Waals surface area (Å²) in [7, 11) is 0. The first kappa shape index (κ1) is 30.1. The van der Waals surface area contributed by atoms with E-state index in [0.717, 1.165) is 49.3 Å². The number of aromatic nitrogens is 2. The first-order valence-corrected chi connectivity index (χ1v) is 19.4. The van der Waals surface area contributed by atoms with Crippen molar-refractivity contribution in [2.45, 2.75) is 38.1 Å². The molecule has 0 amide bonds. The van der Waals surface area contributed by atoms with Crippen molar-refractivity contribution < 1.29 is 0 Å². The lowest BCUT2D eigenvalue weighted by Gasteiger charge is -2.33. The van der Waals surface area contributed by atoms with Crippen LogP contribution in [0.4, 0.5) is 11.4 Å². The number of nitrogens with one attached hydrogen (secondary N) is 1. The van der Waals surface area contributed by atoms with Gasteiger partial charge in [-0.1, -0.05) is 115 Å². The molecule has 5 aromatic carbocycles. The number of aryl methyl sites for hydroxylation is 2. The Morgan fingerprint density at radius 2 is 1.46 bits per heavy atom. The van der Waals surface area contributed by atoms with E-state index in [9.17, 15) is 0 Å². The third-order valence-corrected chi connectivity index (χ3v) is 12.5. The molecule has 0 saturated heterocycles. The van der Waals surface area contributed by atoms with Crippen molar-refractivity contribution in [1.29, 1.82) is 0 Å². The fourth-order valence-corrected chi connectivity index (χ4v) is 9.99. The molecule has 4 heteroatoms. The Bertz CT molecular complexity index is 2950. The van der Waals surface area contributed by atoms with Gasteiger partial charge in [0.15, 0.2) is 0 Å². The summed E-state index contributed by atoms with van der Waals surface area (Å²) in [6.07, 6.45) is 21.1. The van der Waals surface area contributed by atoms with Crippen LogP contribution in [0.25, 0.3) is 55.6 Å². The fraction of sp³-hybridized carbons (Fsp3) is 0.140. The van der Waals surface area contributed by atoms with Gasteiger partial charge in [0, 0.05) is 39.0 Å². The molecular formula is C50H38N4. The molecule has 0 radical (unpaired) electrons. The molecule has 1 N–H and O–H groups in total. The highest BCUT2D eigenvalue weighted by molar-refractivity contribution is 6.21. The molecule has 2 atom stereocenters. The molecule has 4 nitrogen and oxygen atoms in total. The van der Waals surface area contributed by atoms with E-state index < -0.39 is 0 Å². The van der Waals surface area contributed by atoms with E-state index >= 15 is 0 Å². The molecule has 4 aliphatic carbocycles. The minimum atomic E-state index is -0.0869. The Labute approximate surface area is 314 Å². The van der Waals surface area contributed by atoms with Crippen LogP contribution in [-0.4, -0.2) is 21.0 Å². The Balaban J connectivity index is 1.15. The number of allylic oxidation sites excluding steroid dienone is 8. The third-order valence-electron chi connectivity index (χ3n) is 12.5. The Morgan fingerprint density at radius 3 is 2.44 bits per heavy atom. The van der Waals surface area contributed by atoms with Crippen LogP contribution in [0.2, 0.25) is 0 Å². The molecule has 5 aliphatic rings. The van der Waals surface area contributed by atoms with Gasteiger partial charge in [-0.25, -0.2) is 4.99 Å². The lowest BCUT2D eigenvalue weighted by Crippen LogP contribution is -2.39. The molecule has 0 saturated carbocycles. The average Bonchev–Trinajstić information content (AvgIpc) is 3.74. The summed E-state index contributed by atoms with van der Waals surface area (Å²) in [6.45, 7) is 0. The van der Waals surface area contributed by atoms with Crippen LogP contribution >= 0.6 is 0 Å². The minimum absolute atomic E-state index is 0.0869. The Hall–Kier alpha value is -6.39. The zero-order valence-electron chi connectivity index (χ0n) is 30.0. The van der Waals surface area contributed by atoms with E-state index in [2.05, 4.69) is 166 Å². The van der Waals surface area contributed by atoms with Gasteiger partial charge in [0.25, 0.3) is 0 Å². The van der Waals surface area contributed by atoms with E-state index in [-0.39, 0.29) is 6.04 Å². The van der Waals surface area contributed by atoms with Crippen molar-refractivity contribution in [2.75, 3.05) is 5.32 Å². The van der Waals surface area contributed by atoms with Gasteiger partial charge in [-0.2, -0.15) is 0 Å². The second kappa shape index (κ2) is 11.6. The number of nitrogens with zero attached hydrogens (tertiary/aromatic N) is 3. The van der Waals surface area contributed by atoms with Gasteiger partial charge in [-0.3, -0.25) is 4.57 Å². The highest BCUT2D eigenvalue weighted by Gasteiger charge is 2.33. The number of para-hydroxylation sites is 3. The Morgan fingerprint density at radius 1 is 0.648 bits per heavy atom. The van der Waals surface area contributed by atoms with Gasteiger partial charge in [-0.05, 0) is 102 Å².